The zero-order chi connectivity index (χ0) is 15.4. The predicted octanol–water partition coefficient (Wildman–Crippen LogP) is 4.01. The van der Waals surface area contributed by atoms with Crippen molar-refractivity contribution in [2.75, 3.05) is 0 Å². The minimum atomic E-state index is -2.06. The fourth-order valence-electron chi connectivity index (χ4n) is 3.02. The van der Waals surface area contributed by atoms with Crippen molar-refractivity contribution in [3.63, 3.8) is 0 Å². The number of rotatable bonds is 4. The Kier molecular flexibility index (Phi) is 4.08. The minimum Gasteiger partial charge on any atom is -0.423 e. The molecular formula is C19H16BFO. The lowest BCUT2D eigenvalue weighted by atomic mass is 9.49. The Morgan fingerprint density at radius 3 is 1.09 bits per heavy atom. The van der Waals surface area contributed by atoms with E-state index < -0.39 is 12.5 Å². The zero-order valence-corrected chi connectivity index (χ0v) is 12.1. The molecule has 3 aromatic rings. The van der Waals surface area contributed by atoms with Crippen LogP contribution in [0.5, 0.6) is 0 Å². The van der Waals surface area contributed by atoms with E-state index in [0.29, 0.717) is 0 Å². The molecule has 3 rings (SSSR count). The van der Waals surface area contributed by atoms with Gasteiger partial charge in [-0.2, -0.15) is 0 Å². The highest BCUT2D eigenvalue weighted by molar-refractivity contribution is 6.49. The van der Waals surface area contributed by atoms with Crippen LogP contribution in [0, 0.1) is 0 Å². The Balaban J connectivity index is 2.34. The van der Waals surface area contributed by atoms with Gasteiger partial charge in [0.1, 0.15) is 0 Å². The van der Waals surface area contributed by atoms with E-state index in [-0.39, 0.29) is 0 Å². The van der Waals surface area contributed by atoms with Crippen molar-refractivity contribution >= 4 is 7.19 Å². The lowest BCUT2D eigenvalue weighted by Crippen LogP contribution is -2.43. The summed E-state index contributed by atoms with van der Waals surface area (Å²) in [5.74, 6) is 0. The maximum absolute atomic E-state index is 14.6. The largest absolute Gasteiger partial charge is 0.516 e. The van der Waals surface area contributed by atoms with Crippen molar-refractivity contribution in [1.29, 1.82) is 0 Å². The van der Waals surface area contributed by atoms with Crippen LogP contribution in [-0.4, -0.2) is 12.2 Å². The van der Waals surface area contributed by atoms with Crippen molar-refractivity contribution in [2.45, 2.75) is 5.31 Å². The van der Waals surface area contributed by atoms with Crippen molar-refractivity contribution in [1.82, 2.24) is 0 Å². The molecule has 0 saturated heterocycles. The average molecular weight is 290 g/mol. The summed E-state index contributed by atoms with van der Waals surface area (Å²) < 4.78 is 14.6. The SMILES string of the molecule is OB(F)C(c1ccccc1)(c1ccccc1)c1ccccc1. The molecule has 0 atom stereocenters. The third-order valence-electron chi connectivity index (χ3n) is 4.04. The van der Waals surface area contributed by atoms with E-state index in [9.17, 15) is 9.34 Å². The quantitative estimate of drug-likeness (QED) is 0.568. The summed E-state index contributed by atoms with van der Waals surface area (Å²) in [5.41, 5.74) is 2.17. The van der Waals surface area contributed by atoms with E-state index in [0.717, 1.165) is 16.7 Å². The first-order chi connectivity index (χ1) is 10.8. The topological polar surface area (TPSA) is 20.2 Å². The molecule has 108 valence electrons. The summed E-state index contributed by atoms with van der Waals surface area (Å²) in [4.78, 5) is 0. The van der Waals surface area contributed by atoms with E-state index >= 15 is 0 Å². The molecule has 0 spiro atoms. The number of hydrogen-bond donors (Lipinski definition) is 1. The lowest BCUT2D eigenvalue weighted by Gasteiger charge is -2.34. The molecule has 0 saturated carbocycles. The summed E-state index contributed by atoms with van der Waals surface area (Å²) >= 11 is 0. The van der Waals surface area contributed by atoms with Crippen LogP contribution < -0.4 is 0 Å². The maximum atomic E-state index is 14.6. The number of benzene rings is 3. The van der Waals surface area contributed by atoms with E-state index in [2.05, 4.69) is 0 Å². The third kappa shape index (κ3) is 2.34. The molecule has 22 heavy (non-hydrogen) atoms. The summed E-state index contributed by atoms with van der Waals surface area (Å²) in [6.45, 7) is 0. The van der Waals surface area contributed by atoms with Crippen LogP contribution in [0.2, 0.25) is 0 Å². The molecular weight excluding hydrogens is 274 g/mol. The average Bonchev–Trinajstić information content (AvgIpc) is 2.58. The molecule has 0 aliphatic carbocycles. The normalized spacial score (nSPS) is 11.2. The molecule has 0 radical (unpaired) electrons. The standard InChI is InChI=1S/C19H16BFO/c21-20(22)19(16-10-4-1-5-11-16,17-12-6-2-7-13-17)18-14-8-3-9-15-18/h1-15,22H. The molecule has 0 heterocycles. The predicted molar refractivity (Wildman–Crippen MR) is 88.3 cm³/mol. The smallest absolute Gasteiger partial charge is 0.423 e. The molecule has 0 fully saturated rings. The van der Waals surface area contributed by atoms with E-state index in [1.54, 1.807) is 0 Å². The number of hydrogen-bond acceptors (Lipinski definition) is 1. The van der Waals surface area contributed by atoms with Gasteiger partial charge in [0.25, 0.3) is 0 Å². The molecule has 3 aromatic carbocycles. The fourth-order valence-corrected chi connectivity index (χ4v) is 3.02. The van der Waals surface area contributed by atoms with Crippen molar-refractivity contribution < 1.29 is 9.34 Å². The molecule has 3 heteroatoms. The Bertz CT molecular complexity index is 618. The van der Waals surface area contributed by atoms with Crippen LogP contribution in [0.1, 0.15) is 16.7 Å². The van der Waals surface area contributed by atoms with Gasteiger partial charge in [0.2, 0.25) is 0 Å². The number of halogens is 1. The second-order valence-corrected chi connectivity index (χ2v) is 5.24. The third-order valence-corrected chi connectivity index (χ3v) is 4.04. The van der Waals surface area contributed by atoms with E-state index in [4.69, 9.17) is 0 Å². The van der Waals surface area contributed by atoms with Crippen LogP contribution in [0.25, 0.3) is 0 Å². The van der Waals surface area contributed by atoms with Crippen molar-refractivity contribution in [3.8, 4) is 0 Å². The minimum absolute atomic E-state index is 0.724. The molecule has 0 amide bonds. The fraction of sp³-hybridized carbons (Fsp3) is 0.0526. The van der Waals surface area contributed by atoms with Gasteiger partial charge in [0, 0.05) is 0 Å². The van der Waals surface area contributed by atoms with Gasteiger partial charge in [-0.3, -0.25) is 4.32 Å². The first kappa shape index (κ1) is 14.5. The summed E-state index contributed by atoms with van der Waals surface area (Å²) in [6.07, 6.45) is 0. The van der Waals surface area contributed by atoms with Gasteiger partial charge >= 0.3 is 7.19 Å². The van der Waals surface area contributed by atoms with Gasteiger partial charge in [-0.05, 0) is 16.7 Å². The summed E-state index contributed by atoms with van der Waals surface area (Å²) in [5, 5.41) is 8.92. The Morgan fingerprint density at radius 2 is 0.864 bits per heavy atom. The molecule has 0 unspecified atom stereocenters. The van der Waals surface area contributed by atoms with Gasteiger partial charge in [-0.15, -0.1) is 0 Å². The molecule has 0 aliphatic heterocycles. The highest BCUT2D eigenvalue weighted by Crippen LogP contribution is 2.40. The monoisotopic (exact) mass is 290 g/mol. The first-order valence-electron chi connectivity index (χ1n) is 7.25. The van der Waals surface area contributed by atoms with Gasteiger partial charge in [-0.25, -0.2) is 0 Å². The Morgan fingerprint density at radius 1 is 0.591 bits per heavy atom. The lowest BCUT2D eigenvalue weighted by molar-refractivity contribution is 0.456. The van der Waals surface area contributed by atoms with Gasteiger partial charge in [-0.1, -0.05) is 91.0 Å². The summed E-state index contributed by atoms with van der Waals surface area (Å²) in [6, 6.07) is 27.9. The molecule has 0 aromatic heterocycles. The highest BCUT2D eigenvalue weighted by Gasteiger charge is 2.48. The van der Waals surface area contributed by atoms with Crippen molar-refractivity contribution in [3.05, 3.63) is 108 Å². The van der Waals surface area contributed by atoms with Crippen molar-refractivity contribution in [2.24, 2.45) is 0 Å². The summed E-state index contributed by atoms with van der Waals surface area (Å²) in [7, 11) is -2.06. The zero-order valence-electron chi connectivity index (χ0n) is 12.1. The van der Waals surface area contributed by atoms with Gasteiger partial charge in [0.05, 0.1) is 5.31 Å². The molecule has 1 N–H and O–H groups in total. The maximum Gasteiger partial charge on any atom is 0.516 e. The van der Waals surface area contributed by atoms with Crippen LogP contribution in [0.15, 0.2) is 91.0 Å². The van der Waals surface area contributed by atoms with E-state index in [1.807, 2.05) is 91.0 Å². The highest BCUT2D eigenvalue weighted by atomic mass is 19.1. The second-order valence-electron chi connectivity index (χ2n) is 5.24. The van der Waals surface area contributed by atoms with E-state index in [1.165, 1.54) is 0 Å². The molecule has 0 aliphatic rings. The molecule has 1 nitrogen and oxygen atoms in total. The van der Waals surface area contributed by atoms with Crippen LogP contribution in [0.3, 0.4) is 0 Å². The second kappa shape index (κ2) is 6.16. The Labute approximate surface area is 130 Å². The van der Waals surface area contributed by atoms with Gasteiger partial charge in [0.15, 0.2) is 0 Å². The molecule has 0 bridgehead atoms. The Hall–Kier alpha value is -2.39. The van der Waals surface area contributed by atoms with Crippen LogP contribution in [0.4, 0.5) is 4.32 Å². The van der Waals surface area contributed by atoms with Crippen LogP contribution in [-0.2, 0) is 5.31 Å². The first-order valence-corrected chi connectivity index (χ1v) is 7.25. The van der Waals surface area contributed by atoms with Gasteiger partial charge < -0.3 is 5.02 Å². The van der Waals surface area contributed by atoms with Crippen LogP contribution >= 0.6 is 0 Å².